The highest BCUT2D eigenvalue weighted by Gasteiger charge is 2.38. The molecule has 3 amide bonds. The molecule has 1 aliphatic rings. The van der Waals surface area contributed by atoms with Gasteiger partial charge in [0.1, 0.15) is 23.9 Å². The van der Waals surface area contributed by atoms with Crippen molar-refractivity contribution in [3.05, 3.63) is 29.8 Å². The van der Waals surface area contributed by atoms with Crippen LogP contribution in [0.15, 0.2) is 24.3 Å². The molecule has 0 aliphatic carbocycles. The van der Waals surface area contributed by atoms with Crippen LogP contribution in [0, 0.1) is 0 Å². The second-order valence-corrected chi connectivity index (χ2v) is 8.59. The first-order chi connectivity index (χ1) is 16.7. The predicted octanol–water partition coefficient (Wildman–Crippen LogP) is -1.57. The lowest BCUT2D eigenvalue weighted by molar-refractivity contribution is -0.150. The predicted molar refractivity (Wildman–Crippen MR) is 126 cm³/mol. The molecule has 4 atom stereocenters. The van der Waals surface area contributed by atoms with Gasteiger partial charge >= 0.3 is 5.97 Å². The van der Waals surface area contributed by atoms with E-state index >= 15 is 0 Å². The average Bonchev–Trinajstić information content (AvgIpc) is 3.33. The van der Waals surface area contributed by atoms with Crippen LogP contribution < -0.4 is 22.1 Å². The number of carbonyl (C=O) groups is 4. The van der Waals surface area contributed by atoms with E-state index < -0.39 is 54.5 Å². The van der Waals surface area contributed by atoms with E-state index in [4.69, 9.17) is 11.5 Å². The number of benzene rings is 1. The van der Waals surface area contributed by atoms with Gasteiger partial charge in [-0.3, -0.25) is 14.4 Å². The normalized spacial score (nSPS) is 17.9. The number of amides is 3. The fraction of sp³-hybridized carbons (Fsp3) is 0.565. The fourth-order valence-electron chi connectivity index (χ4n) is 3.96. The molecule has 12 nitrogen and oxygen atoms in total. The summed E-state index contributed by atoms with van der Waals surface area (Å²) in [4.78, 5) is 51.0. The number of carboxylic acid groups (broad SMARTS) is 1. The van der Waals surface area contributed by atoms with Gasteiger partial charge in [0.2, 0.25) is 17.7 Å². The highest BCUT2D eigenvalue weighted by molar-refractivity contribution is 5.94. The smallest absolute Gasteiger partial charge is 0.326 e. The van der Waals surface area contributed by atoms with E-state index in [0.29, 0.717) is 32.2 Å². The monoisotopic (exact) mass is 493 g/mol. The first kappa shape index (κ1) is 28.0. The van der Waals surface area contributed by atoms with E-state index in [0.717, 1.165) is 10.5 Å². The Morgan fingerprint density at radius 2 is 1.71 bits per heavy atom. The number of phenols is 1. The fourth-order valence-corrected chi connectivity index (χ4v) is 3.96. The molecule has 1 fully saturated rings. The van der Waals surface area contributed by atoms with Crippen molar-refractivity contribution in [2.45, 2.75) is 62.7 Å². The van der Waals surface area contributed by atoms with Gasteiger partial charge in [0.25, 0.3) is 0 Å². The lowest BCUT2D eigenvalue weighted by Gasteiger charge is -2.28. The van der Waals surface area contributed by atoms with E-state index in [1.54, 1.807) is 12.1 Å². The molecule has 9 N–H and O–H groups in total. The molecule has 1 aromatic rings. The van der Waals surface area contributed by atoms with Crippen LogP contribution >= 0.6 is 0 Å². The Kier molecular flexibility index (Phi) is 10.9. The number of carboxylic acids is 1. The number of nitrogens with zero attached hydrogens (tertiary/aromatic N) is 1. The molecule has 0 radical (unpaired) electrons. The van der Waals surface area contributed by atoms with Crippen molar-refractivity contribution in [2.24, 2.45) is 11.5 Å². The third-order valence-electron chi connectivity index (χ3n) is 5.93. The van der Waals surface area contributed by atoms with E-state index in [1.165, 1.54) is 12.1 Å². The van der Waals surface area contributed by atoms with Crippen molar-refractivity contribution in [2.75, 3.05) is 19.7 Å². The highest BCUT2D eigenvalue weighted by atomic mass is 16.4. The summed E-state index contributed by atoms with van der Waals surface area (Å²) in [6.07, 6.45) is 2.33. The SMILES string of the molecule is NCCCCC(NC(=O)C(N)Cc1ccc(O)cc1)C(=O)NC(CO)C(=O)N1CCCC1C(=O)O. The molecular weight excluding hydrogens is 458 g/mol. The molecule has 0 spiro atoms. The molecule has 0 aromatic heterocycles. The number of aliphatic hydroxyl groups excluding tert-OH is 1. The summed E-state index contributed by atoms with van der Waals surface area (Å²) in [7, 11) is 0. The lowest BCUT2D eigenvalue weighted by atomic mass is 10.0. The summed E-state index contributed by atoms with van der Waals surface area (Å²) in [6, 6.07) is 1.86. The number of rotatable bonds is 13. The minimum atomic E-state index is -1.35. The number of nitrogens with one attached hydrogen (secondary N) is 2. The second-order valence-electron chi connectivity index (χ2n) is 8.59. The maximum atomic E-state index is 13.0. The average molecular weight is 494 g/mol. The van der Waals surface area contributed by atoms with E-state index in [1.807, 2.05) is 0 Å². The number of aliphatic carboxylic acids is 1. The van der Waals surface area contributed by atoms with Crippen LogP contribution in [0.5, 0.6) is 5.75 Å². The molecule has 0 bridgehead atoms. The standard InChI is InChI=1S/C23H35N5O7/c24-10-2-1-4-17(26-20(31)16(25)12-14-6-8-15(30)9-7-14)21(32)27-18(13-29)22(33)28-11-3-5-19(28)23(34)35/h6-9,16-19,29-30H,1-5,10-13,24-25H2,(H,26,31)(H,27,32)(H,34,35). The number of phenolic OH excluding ortho intramolecular Hbond substituents is 1. The molecule has 1 aromatic carbocycles. The first-order valence-electron chi connectivity index (χ1n) is 11.7. The molecule has 35 heavy (non-hydrogen) atoms. The maximum absolute atomic E-state index is 13.0. The Balaban J connectivity index is 2.05. The lowest BCUT2D eigenvalue weighted by Crippen LogP contribution is -2.58. The van der Waals surface area contributed by atoms with Crippen molar-refractivity contribution in [1.82, 2.24) is 15.5 Å². The zero-order valence-electron chi connectivity index (χ0n) is 19.6. The minimum absolute atomic E-state index is 0.0833. The van der Waals surface area contributed by atoms with Crippen molar-refractivity contribution < 1.29 is 34.5 Å². The number of nitrogens with two attached hydrogens (primary N) is 2. The number of hydrogen-bond acceptors (Lipinski definition) is 8. The van der Waals surface area contributed by atoms with E-state index in [2.05, 4.69) is 10.6 Å². The number of aromatic hydroxyl groups is 1. The number of likely N-dealkylation sites (tertiary alicyclic amines) is 1. The van der Waals surface area contributed by atoms with Crippen molar-refractivity contribution in [1.29, 1.82) is 0 Å². The molecule has 4 unspecified atom stereocenters. The number of carbonyl (C=O) groups excluding carboxylic acids is 3. The molecule has 1 saturated heterocycles. The van der Waals surface area contributed by atoms with Crippen LogP contribution in [0.4, 0.5) is 0 Å². The Morgan fingerprint density at radius 1 is 1.06 bits per heavy atom. The third-order valence-corrected chi connectivity index (χ3v) is 5.93. The van der Waals surface area contributed by atoms with Gasteiger partial charge in [-0.2, -0.15) is 0 Å². The second kappa shape index (κ2) is 13.6. The minimum Gasteiger partial charge on any atom is -0.508 e. The topological polar surface area (TPSA) is 208 Å². The van der Waals surface area contributed by atoms with Crippen molar-refractivity contribution in [3.63, 3.8) is 0 Å². The Morgan fingerprint density at radius 3 is 2.31 bits per heavy atom. The summed E-state index contributed by atoms with van der Waals surface area (Å²) in [5.41, 5.74) is 12.3. The van der Waals surface area contributed by atoms with E-state index in [9.17, 15) is 34.5 Å². The van der Waals surface area contributed by atoms with Crippen LogP contribution in [0.2, 0.25) is 0 Å². The van der Waals surface area contributed by atoms with E-state index in [-0.39, 0.29) is 25.1 Å². The Hall–Kier alpha value is -3.22. The quantitative estimate of drug-likeness (QED) is 0.158. The van der Waals surface area contributed by atoms with Crippen LogP contribution in [-0.4, -0.2) is 87.8 Å². The molecule has 1 aliphatic heterocycles. The van der Waals surface area contributed by atoms with Crippen molar-refractivity contribution >= 4 is 23.7 Å². The van der Waals surface area contributed by atoms with Gasteiger partial charge in [-0.15, -0.1) is 0 Å². The highest BCUT2D eigenvalue weighted by Crippen LogP contribution is 2.18. The summed E-state index contributed by atoms with van der Waals surface area (Å²) in [6.45, 7) is -0.117. The maximum Gasteiger partial charge on any atom is 0.326 e. The van der Waals surface area contributed by atoms with Crippen LogP contribution in [0.25, 0.3) is 0 Å². The number of unbranched alkanes of at least 4 members (excludes halogenated alkanes) is 1. The first-order valence-corrected chi connectivity index (χ1v) is 11.7. The van der Waals surface area contributed by atoms with Crippen LogP contribution in [0.3, 0.4) is 0 Å². The van der Waals surface area contributed by atoms with Gasteiger partial charge in [-0.1, -0.05) is 12.1 Å². The number of hydrogen-bond donors (Lipinski definition) is 7. The van der Waals surface area contributed by atoms with Gasteiger partial charge in [0.05, 0.1) is 12.6 Å². The van der Waals surface area contributed by atoms with Crippen LogP contribution in [-0.2, 0) is 25.6 Å². The summed E-state index contributed by atoms with van der Waals surface area (Å²) in [5, 5.41) is 33.5. The van der Waals surface area contributed by atoms with Gasteiger partial charge in [0.15, 0.2) is 0 Å². The molecule has 2 rings (SSSR count). The summed E-state index contributed by atoms with van der Waals surface area (Å²) in [5.74, 6) is -3.02. The van der Waals surface area contributed by atoms with Crippen molar-refractivity contribution in [3.8, 4) is 5.75 Å². The van der Waals surface area contributed by atoms with Gasteiger partial charge in [-0.05, 0) is 62.8 Å². The Labute approximate surface area is 203 Å². The molecular formula is C23H35N5O7. The molecule has 12 heteroatoms. The van der Waals surface area contributed by atoms with Gasteiger partial charge in [0, 0.05) is 6.54 Å². The zero-order chi connectivity index (χ0) is 26.0. The van der Waals surface area contributed by atoms with Crippen LogP contribution in [0.1, 0.15) is 37.7 Å². The molecule has 0 saturated carbocycles. The largest absolute Gasteiger partial charge is 0.508 e. The van der Waals surface area contributed by atoms with Gasteiger partial charge in [-0.25, -0.2) is 4.79 Å². The molecule has 194 valence electrons. The zero-order valence-corrected chi connectivity index (χ0v) is 19.6. The third kappa shape index (κ3) is 8.19. The number of aliphatic hydroxyl groups is 1. The summed E-state index contributed by atoms with van der Waals surface area (Å²) >= 11 is 0. The summed E-state index contributed by atoms with van der Waals surface area (Å²) < 4.78 is 0. The Bertz CT molecular complexity index is 880. The van der Waals surface area contributed by atoms with Gasteiger partial charge < -0.3 is 42.3 Å². The molecule has 1 heterocycles.